The second kappa shape index (κ2) is 5.31. The van der Waals surface area contributed by atoms with Crippen LogP contribution in [0.15, 0.2) is 29.8 Å². The van der Waals surface area contributed by atoms with E-state index in [1.54, 1.807) is 0 Å². The first-order valence-electron chi connectivity index (χ1n) is 5.77. The molecule has 1 aromatic rings. The number of carbonyl (C=O) groups is 1. The molecule has 0 aliphatic heterocycles. The lowest BCUT2D eigenvalue weighted by atomic mass is 10.1. The quantitative estimate of drug-likeness (QED) is 0.385. The van der Waals surface area contributed by atoms with Crippen molar-refractivity contribution in [1.82, 2.24) is 5.32 Å². The third-order valence-corrected chi connectivity index (χ3v) is 2.69. The molecule has 0 heterocycles. The van der Waals surface area contributed by atoms with Gasteiger partial charge < -0.3 is 5.32 Å². The molecular weight excluding hydrogens is 246 g/mol. The number of hydrogen-bond acceptors (Lipinski definition) is 4. The van der Waals surface area contributed by atoms with Crippen molar-refractivity contribution in [2.45, 2.75) is 18.9 Å². The number of hydrogen-bond donors (Lipinski definition) is 1. The molecule has 0 spiro atoms. The fraction of sp³-hybridized carbons (Fsp3) is 0.231. The van der Waals surface area contributed by atoms with Gasteiger partial charge in [0.05, 0.1) is 4.92 Å². The largest absolute Gasteiger partial charge is 0.349 e. The second-order valence-electron chi connectivity index (χ2n) is 4.27. The van der Waals surface area contributed by atoms with Crippen molar-refractivity contribution >= 4 is 17.7 Å². The van der Waals surface area contributed by atoms with Crippen LogP contribution in [0.5, 0.6) is 0 Å². The fourth-order valence-corrected chi connectivity index (χ4v) is 1.50. The summed E-state index contributed by atoms with van der Waals surface area (Å²) in [4.78, 5) is 21.7. The average molecular weight is 257 g/mol. The summed E-state index contributed by atoms with van der Waals surface area (Å²) >= 11 is 0. The summed E-state index contributed by atoms with van der Waals surface area (Å²) in [5, 5.41) is 22.2. The minimum atomic E-state index is -0.501. The molecule has 96 valence electrons. The predicted molar refractivity (Wildman–Crippen MR) is 67.9 cm³/mol. The maximum absolute atomic E-state index is 11.7. The van der Waals surface area contributed by atoms with E-state index in [1.807, 2.05) is 6.07 Å². The van der Waals surface area contributed by atoms with Crippen molar-refractivity contribution in [1.29, 1.82) is 5.26 Å². The summed E-state index contributed by atoms with van der Waals surface area (Å²) in [5.41, 5.74) is 0.548. The zero-order chi connectivity index (χ0) is 13.8. The number of carbonyl (C=O) groups excluding carboxylic acids is 1. The van der Waals surface area contributed by atoms with Gasteiger partial charge in [0.15, 0.2) is 0 Å². The molecule has 1 amide bonds. The number of amides is 1. The Kier molecular flexibility index (Phi) is 3.57. The molecule has 1 fully saturated rings. The molecule has 0 unspecified atom stereocenters. The van der Waals surface area contributed by atoms with E-state index in [1.165, 1.54) is 30.3 Å². The van der Waals surface area contributed by atoms with Crippen LogP contribution in [0.1, 0.15) is 18.4 Å². The molecule has 19 heavy (non-hydrogen) atoms. The van der Waals surface area contributed by atoms with Gasteiger partial charge in [0.2, 0.25) is 0 Å². The van der Waals surface area contributed by atoms with E-state index in [4.69, 9.17) is 5.26 Å². The van der Waals surface area contributed by atoms with Crippen LogP contribution in [0.3, 0.4) is 0 Å². The lowest BCUT2D eigenvalue weighted by Gasteiger charge is -2.01. The molecule has 2 rings (SSSR count). The van der Waals surface area contributed by atoms with Gasteiger partial charge in [0.1, 0.15) is 11.6 Å². The van der Waals surface area contributed by atoms with E-state index in [0.717, 1.165) is 12.8 Å². The highest BCUT2D eigenvalue weighted by molar-refractivity contribution is 6.01. The molecule has 6 heteroatoms. The van der Waals surface area contributed by atoms with Gasteiger partial charge in [-0.15, -0.1) is 0 Å². The first kappa shape index (κ1) is 12.8. The number of non-ortho nitro benzene ring substituents is 1. The number of nitrogens with one attached hydrogen (secondary N) is 1. The number of nitro benzene ring substituents is 1. The van der Waals surface area contributed by atoms with E-state index in [-0.39, 0.29) is 17.3 Å². The fourth-order valence-electron chi connectivity index (χ4n) is 1.50. The van der Waals surface area contributed by atoms with Crippen molar-refractivity contribution in [3.8, 4) is 6.07 Å². The Balaban J connectivity index is 2.14. The Morgan fingerprint density at radius 3 is 2.53 bits per heavy atom. The van der Waals surface area contributed by atoms with Crippen molar-refractivity contribution in [2.75, 3.05) is 0 Å². The van der Waals surface area contributed by atoms with Gasteiger partial charge in [0.25, 0.3) is 11.6 Å². The Morgan fingerprint density at radius 1 is 1.42 bits per heavy atom. The van der Waals surface area contributed by atoms with Gasteiger partial charge in [-0.2, -0.15) is 5.26 Å². The van der Waals surface area contributed by atoms with Gasteiger partial charge in [-0.05, 0) is 36.6 Å². The Morgan fingerprint density at radius 2 is 2.05 bits per heavy atom. The molecule has 0 aromatic heterocycles. The van der Waals surface area contributed by atoms with Crippen LogP contribution in [0.2, 0.25) is 0 Å². The SMILES string of the molecule is N#C/C(=C\c1ccc([N+](=O)[O-])cc1)C(=O)NC1CC1. The van der Waals surface area contributed by atoms with Crippen LogP contribution >= 0.6 is 0 Å². The van der Waals surface area contributed by atoms with E-state index < -0.39 is 10.8 Å². The Bertz CT molecular complexity index is 580. The van der Waals surface area contributed by atoms with Crippen molar-refractivity contribution in [3.63, 3.8) is 0 Å². The number of rotatable bonds is 4. The van der Waals surface area contributed by atoms with E-state index >= 15 is 0 Å². The number of benzene rings is 1. The molecule has 0 radical (unpaired) electrons. The van der Waals surface area contributed by atoms with Crippen molar-refractivity contribution in [2.24, 2.45) is 0 Å². The zero-order valence-electron chi connectivity index (χ0n) is 10.00. The molecule has 6 nitrogen and oxygen atoms in total. The molecule has 1 saturated carbocycles. The summed E-state index contributed by atoms with van der Waals surface area (Å²) in [6.45, 7) is 0. The van der Waals surface area contributed by atoms with Crippen molar-refractivity contribution < 1.29 is 9.72 Å². The molecule has 0 bridgehead atoms. The van der Waals surface area contributed by atoms with Gasteiger partial charge in [-0.25, -0.2) is 0 Å². The van der Waals surface area contributed by atoms with Crippen LogP contribution in [-0.2, 0) is 4.79 Å². The first-order chi connectivity index (χ1) is 9.10. The van der Waals surface area contributed by atoms with Gasteiger partial charge in [-0.1, -0.05) is 0 Å². The van der Waals surface area contributed by atoms with E-state index in [2.05, 4.69) is 5.32 Å². The highest BCUT2D eigenvalue weighted by Gasteiger charge is 2.24. The lowest BCUT2D eigenvalue weighted by Crippen LogP contribution is -2.26. The first-order valence-corrected chi connectivity index (χ1v) is 5.77. The topological polar surface area (TPSA) is 96.0 Å². The van der Waals surface area contributed by atoms with E-state index in [0.29, 0.717) is 5.56 Å². The maximum atomic E-state index is 11.7. The van der Waals surface area contributed by atoms with Gasteiger partial charge in [0, 0.05) is 18.2 Å². The third-order valence-electron chi connectivity index (χ3n) is 2.69. The number of nitriles is 1. The zero-order valence-corrected chi connectivity index (χ0v) is 10.00. The van der Waals surface area contributed by atoms with Gasteiger partial charge in [-0.3, -0.25) is 14.9 Å². The third kappa shape index (κ3) is 3.39. The highest BCUT2D eigenvalue weighted by Crippen LogP contribution is 2.20. The lowest BCUT2D eigenvalue weighted by molar-refractivity contribution is -0.384. The highest BCUT2D eigenvalue weighted by atomic mass is 16.6. The minimum Gasteiger partial charge on any atom is -0.349 e. The Labute approximate surface area is 109 Å². The van der Waals surface area contributed by atoms with E-state index in [9.17, 15) is 14.9 Å². The second-order valence-corrected chi connectivity index (χ2v) is 4.27. The molecule has 1 aliphatic carbocycles. The smallest absolute Gasteiger partial charge is 0.269 e. The summed E-state index contributed by atoms with van der Waals surface area (Å²) in [6, 6.07) is 7.68. The van der Waals surface area contributed by atoms with Crippen LogP contribution in [0.4, 0.5) is 5.69 Å². The average Bonchev–Trinajstić information content (AvgIpc) is 3.20. The molecule has 1 aromatic carbocycles. The number of nitro groups is 1. The normalized spacial score (nSPS) is 14.6. The predicted octanol–water partition coefficient (Wildman–Crippen LogP) is 1.78. The van der Waals surface area contributed by atoms with Crippen LogP contribution in [-0.4, -0.2) is 16.9 Å². The standard InChI is InChI=1S/C13H11N3O3/c14-8-10(13(17)15-11-3-4-11)7-9-1-5-12(6-2-9)16(18)19/h1-2,5-7,11H,3-4H2,(H,15,17)/b10-7+. The van der Waals surface area contributed by atoms with Crippen molar-refractivity contribution in [3.05, 3.63) is 45.5 Å². The summed E-state index contributed by atoms with van der Waals surface area (Å²) in [5.74, 6) is -0.400. The molecule has 1 N–H and O–H groups in total. The summed E-state index contributed by atoms with van der Waals surface area (Å²) in [6.07, 6.45) is 3.31. The van der Waals surface area contributed by atoms with Crippen LogP contribution in [0, 0.1) is 21.4 Å². The Hall–Kier alpha value is -2.68. The minimum absolute atomic E-state index is 0.000697. The number of nitrogens with zero attached hydrogens (tertiary/aromatic N) is 2. The monoisotopic (exact) mass is 257 g/mol. The maximum Gasteiger partial charge on any atom is 0.269 e. The molecule has 0 saturated heterocycles. The molecular formula is C13H11N3O3. The van der Waals surface area contributed by atoms with Crippen LogP contribution < -0.4 is 5.32 Å². The molecule has 0 atom stereocenters. The van der Waals surface area contributed by atoms with Crippen LogP contribution in [0.25, 0.3) is 6.08 Å². The van der Waals surface area contributed by atoms with Gasteiger partial charge >= 0.3 is 0 Å². The summed E-state index contributed by atoms with van der Waals surface area (Å²) in [7, 11) is 0. The summed E-state index contributed by atoms with van der Waals surface area (Å²) < 4.78 is 0. The molecule has 1 aliphatic rings.